The van der Waals surface area contributed by atoms with Gasteiger partial charge in [-0.15, -0.1) is 0 Å². The molecule has 0 aromatic rings. The van der Waals surface area contributed by atoms with Crippen molar-refractivity contribution in [3.8, 4) is 0 Å². The van der Waals surface area contributed by atoms with Crippen LogP contribution in [0.15, 0.2) is 12.2 Å². The summed E-state index contributed by atoms with van der Waals surface area (Å²) in [4.78, 5) is 2.36. The predicted molar refractivity (Wildman–Crippen MR) is 54.6 cm³/mol. The van der Waals surface area contributed by atoms with Gasteiger partial charge in [-0.3, -0.25) is 4.90 Å². The molecule has 1 aliphatic rings. The standard InChI is InChI=1S/C10H20N2O/c1-8(4-11)5-12-6-9(2)13-10(3)7-12/h9-10H,1,4-7,11H2,2-3H3. The van der Waals surface area contributed by atoms with Crippen molar-refractivity contribution in [1.82, 2.24) is 4.90 Å². The van der Waals surface area contributed by atoms with Crippen molar-refractivity contribution >= 4 is 0 Å². The summed E-state index contributed by atoms with van der Waals surface area (Å²) in [6.07, 6.45) is 0.656. The van der Waals surface area contributed by atoms with Gasteiger partial charge >= 0.3 is 0 Å². The van der Waals surface area contributed by atoms with Gasteiger partial charge in [-0.05, 0) is 19.4 Å². The molecule has 0 bridgehead atoms. The number of ether oxygens (including phenoxy) is 1. The first-order valence-electron chi connectivity index (χ1n) is 4.86. The van der Waals surface area contributed by atoms with Crippen molar-refractivity contribution in [2.75, 3.05) is 26.2 Å². The second-order valence-corrected chi connectivity index (χ2v) is 3.91. The smallest absolute Gasteiger partial charge is 0.0678 e. The summed E-state index contributed by atoms with van der Waals surface area (Å²) in [7, 11) is 0. The molecule has 3 heteroatoms. The maximum atomic E-state index is 5.63. The third-order valence-corrected chi connectivity index (χ3v) is 2.23. The van der Waals surface area contributed by atoms with Crippen molar-refractivity contribution in [1.29, 1.82) is 0 Å². The van der Waals surface area contributed by atoms with Crippen LogP contribution in [0.5, 0.6) is 0 Å². The molecule has 2 N–H and O–H groups in total. The lowest BCUT2D eigenvalue weighted by molar-refractivity contribution is -0.0653. The van der Waals surface area contributed by atoms with Crippen LogP contribution in [0.25, 0.3) is 0 Å². The summed E-state index contributed by atoms with van der Waals surface area (Å²) >= 11 is 0. The molecule has 1 heterocycles. The van der Waals surface area contributed by atoms with Gasteiger partial charge in [0, 0.05) is 26.2 Å². The molecule has 0 aromatic carbocycles. The molecule has 2 atom stereocenters. The first-order valence-corrected chi connectivity index (χ1v) is 4.86. The number of nitrogens with zero attached hydrogens (tertiary/aromatic N) is 1. The van der Waals surface area contributed by atoms with Crippen molar-refractivity contribution in [3.63, 3.8) is 0 Å². The zero-order chi connectivity index (χ0) is 9.84. The maximum absolute atomic E-state index is 5.63. The Balaban J connectivity index is 2.37. The SMILES string of the molecule is C=C(CN)CN1CC(C)OC(C)C1. The molecule has 3 nitrogen and oxygen atoms in total. The van der Waals surface area contributed by atoms with Gasteiger partial charge < -0.3 is 10.5 Å². The van der Waals surface area contributed by atoms with Crippen LogP contribution in [0.1, 0.15) is 13.8 Å². The minimum Gasteiger partial charge on any atom is -0.373 e. The lowest BCUT2D eigenvalue weighted by Gasteiger charge is -2.35. The normalized spacial score (nSPS) is 30.4. The lowest BCUT2D eigenvalue weighted by atomic mass is 10.2. The molecule has 0 amide bonds. The van der Waals surface area contributed by atoms with E-state index in [9.17, 15) is 0 Å². The van der Waals surface area contributed by atoms with Crippen molar-refractivity contribution < 1.29 is 4.74 Å². The van der Waals surface area contributed by atoms with Crippen molar-refractivity contribution in [2.45, 2.75) is 26.1 Å². The van der Waals surface area contributed by atoms with E-state index in [4.69, 9.17) is 10.5 Å². The number of morpholine rings is 1. The van der Waals surface area contributed by atoms with Crippen LogP contribution in [-0.4, -0.2) is 43.3 Å². The van der Waals surface area contributed by atoms with Crippen LogP contribution in [0.4, 0.5) is 0 Å². The minimum atomic E-state index is 0.328. The van der Waals surface area contributed by atoms with E-state index < -0.39 is 0 Å². The van der Waals surface area contributed by atoms with Crippen LogP contribution in [0.2, 0.25) is 0 Å². The van der Waals surface area contributed by atoms with Crippen LogP contribution in [0, 0.1) is 0 Å². The Kier molecular flexibility index (Phi) is 3.90. The van der Waals surface area contributed by atoms with Crippen LogP contribution in [0.3, 0.4) is 0 Å². The van der Waals surface area contributed by atoms with Crippen LogP contribution in [-0.2, 0) is 4.74 Å². The topological polar surface area (TPSA) is 38.5 Å². The van der Waals surface area contributed by atoms with Gasteiger partial charge in [0.2, 0.25) is 0 Å². The Morgan fingerprint density at radius 2 is 2.00 bits per heavy atom. The number of hydrogen-bond acceptors (Lipinski definition) is 3. The van der Waals surface area contributed by atoms with E-state index in [1.165, 1.54) is 0 Å². The van der Waals surface area contributed by atoms with Crippen molar-refractivity contribution in [2.24, 2.45) is 5.73 Å². The molecule has 1 fully saturated rings. The second kappa shape index (κ2) is 4.74. The molecule has 0 aromatic heterocycles. The third-order valence-electron chi connectivity index (χ3n) is 2.23. The molecule has 0 radical (unpaired) electrons. The Labute approximate surface area is 80.5 Å². The molecular weight excluding hydrogens is 164 g/mol. The molecule has 0 saturated carbocycles. The van der Waals surface area contributed by atoms with Gasteiger partial charge in [-0.1, -0.05) is 6.58 Å². The average molecular weight is 184 g/mol. The van der Waals surface area contributed by atoms with Gasteiger partial charge in [0.05, 0.1) is 12.2 Å². The minimum absolute atomic E-state index is 0.328. The van der Waals surface area contributed by atoms with E-state index >= 15 is 0 Å². The maximum Gasteiger partial charge on any atom is 0.0678 e. The fourth-order valence-corrected chi connectivity index (χ4v) is 1.79. The highest BCUT2D eigenvalue weighted by molar-refractivity contribution is 4.99. The summed E-state index contributed by atoms with van der Waals surface area (Å²) in [6, 6.07) is 0. The number of nitrogens with two attached hydrogens (primary N) is 1. The molecule has 0 spiro atoms. The molecule has 76 valence electrons. The average Bonchev–Trinajstić information content (AvgIpc) is 2.02. The summed E-state index contributed by atoms with van der Waals surface area (Å²) in [6.45, 7) is 11.6. The first-order chi connectivity index (χ1) is 6.11. The Hall–Kier alpha value is -0.380. The second-order valence-electron chi connectivity index (χ2n) is 3.91. The van der Waals surface area contributed by atoms with Gasteiger partial charge in [-0.25, -0.2) is 0 Å². The van der Waals surface area contributed by atoms with E-state index in [-0.39, 0.29) is 0 Å². The Morgan fingerprint density at radius 1 is 1.46 bits per heavy atom. The molecule has 1 aliphatic heterocycles. The van der Waals surface area contributed by atoms with Crippen LogP contribution < -0.4 is 5.73 Å². The Morgan fingerprint density at radius 3 is 2.46 bits per heavy atom. The lowest BCUT2D eigenvalue weighted by Crippen LogP contribution is -2.46. The summed E-state index contributed by atoms with van der Waals surface area (Å²) in [5, 5.41) is 0. The molecule has 2 unspecified atom stereocenters. The summed E-state index contributed by atoms with van der Waals surface area (Å²) in [5.74, 6) is 0. The highest BCUT2D eigenvalue weighted by atomic mass is 16.5. The third kappa shape index (κ3) is 3.46. The van der Waals surface area contributed by atoms with E-state index in [0.29, 0.717) is 18.8 Å². The van der Waals surface area contributed by atoms with Gasteiger partial charge in [-0.2, -0.15) is 0 Å². The first kappa shape index (κ1) is 10.7. The monoisotopic (exact) mass is 184 g/mol. The van der Waals surface area contributed by atoms with Gasteiger partial charge in [0.1, 0.15) is 0 Å². The molecular formula is C10H20N2O. The molecule has 0 aliphatic carbocycles. The van der Waals surface area contributed by atoms with E-state index in [0.717, 1.165) is 25.2 Å². The Bertz CT molecular complexity index is 172. The molecule has 1 saturated heterocycles. The quantitative estimate of drug-likeness (QED) is 0.653. The largest absolute Gasteiger partial charge is 0.373 e. The fraction of sp³-hybridized carbons (Fsp3) is 0.800. The zero-order valence-corrected chi connectivity index (χ0v) is 8.62. The van der Waals surface area contributed by atoms with E-state index in [1.807, 2.05) is 0 Å². The number of rotatable bonds is 3. The van der Waals surface area contributed by atoms with Crippen LogP contribution >= 0.6 is 0 Å². The zero-order valence-electron chi connectivity index (χ0n) is 8.62. The highest BCUT2D eigenvalue weighted by Gasteiger charge is 2.21. The van der Waals surface area contributed by atoms with Crippen molar-refractivity contribution in [3.05, 3.63) is 12.2 Å². The van der Waals surface area contributed by atoms with E-state index in [1.54, 1.807) is 0 Å². The number of hydrogen-bond donors (Lipinski definition) is 1. The predicted octanol–water partition coefficient (Wildman–Crippen LogP) is 0.611. The van der Waals surface area contributed by atoms with Gasteiger partial charge in [0.25, 0.3) is 0 Å². The van der Waals surface area contributed by atoms with E-state index in [2.05, 4.69) is 25.3 Å². The molecule has 13 heavy (non-hydrogen) atoms. The summed E-state index contributed by atoms with van der Waals surface area (Å²) in [5.41, 5.74) is 6.60. The fourth-order valence-electron chi connectivity index (χ4n) is 1.79. The van der Waals surface area contributed by atoms with Gasteiger partial charge in [0.15, 0.2) is 0 Å². The summed E-state index contributed by atoms with van der Waals surface area (Å²) < 4.78 is 5.63. The molecule has 1 rings (SSSR count). The highest BCUT2D eigenvalue weighted by Crippen LogP contribution is 2.11.